The van der Waals surface area contributed by atoms with Crippen LogP contribution in [0.15, 0.2) is 11.8 Å². The van der Waals surface area contributed by atoms with Gasteiger partial charge in [-0.2, -0.15) is 0 Å². The number of aliphatic hydroxyl groups excluding tert-OH is 1. The van der Waals surface area contributed by atoms with E-state index in [1.54, 1.807) is 20.2 Å². The lowest BCUT2D eigenvalue weighted by atomic mass is 10.1. The molecule has 4 heteroatoms. The molecule has 0 bridgehead atoms. The maximum absolute atomic E-state index is 11.0. The molecular weight excluding hydrogens is 230 g/mol. The summed E-state index contributed by atoms with van der Waals surface area (Å²) in [4.78, 5) is 11.0. The van der Waals surface area contributed by atoms with Crippen LogP contribution < -0.4 is 5.11 Å². The second-order valence-corrected chi connectivity index (χ2v) is 5.37. The molecule has 106 valence electrons. The van der Waals surface area contributed by atoms with E-state index in [1.807, 2.05) is 6.92 Å². The number of hydrogen-bond acceptors (Lipinski definition) is 3. The van der Waals surface area contributed by atoms with Crippen molar-refractivity contribution < 1.29 is 19.5 Å². The molecule has 0 rings (SSSR count). The summed E-state index contributed by atoms with van der Waals surface area (Å²) in [6.45, 7) is 4.29. The molecule has 0 aliphatic carbocycles. The maximum Gasteiger partial charge on any atom is 0.143 e. The van der Waals surface area contributed by atoms with Crippen molar-refractivity contribution in [3.63, 3.8) is 0 Å². The number of aliphatic carboxylic acids is 1. The molecule has 0 amide bonds. The van der Waals surface area contributed by atoms with Gasteiger partial charge in [0.05, 0.1) is 20.1 Å². The number of unbranched alkanes of at least 4 members (excludes halogenated alkanes) is 3. The van der Waals surface area contributed by atoms with E-state index in [0.717, 1.165) is 25.7 Å². The van der Waals surface area contributed by atoms with E-state index in [2.05, 4.69) is 6.92 Å². The van der Waals surface area contributed by atoms with Crippen LogP contribution in [0.4, 0.5) is 0 Å². The summed E-state index contributed by atoms with van der Waals surface area (Å²) in [5, 5.41) is 20.9. The van der Waals surface area contributed by atoms with Crippen molar-refractivity contribution in [2.24, 2.45) is 0 Å². The molecule has 18 heavy (non-hydrogen) atoms. The highest BCUT2D eigenvalue weighted by Crippen LogP contribution is 2.13. The topological polar surface area (TPSA) is 60.4 Å². The predicted octanol–water partition coefficient (Wildman–Crippen LogP) is 1.61. The molecule has 1 N–H and O–H groups in total. The fraction of sp³-hybridized carbons (Fsp3) is 0.786. The van der Waals surface area contributed by atoms with Gasteiger partial charge in [-0.1, -0.05) is 26.7 Å². The first-order valence-electron chi connectivity index (χ1n) is 6.76. The number of carboxylic acids is 1. The van der Waals surface area contributed by atoms with Gasteiger partial charge >= 0.3 is 0 Å². The van der Waals surface area contributed by atoms with E-state index in [9.17, 15) is 15.0 Å². The minimum Gasteiger partial charge on any atom is -0.544 e. The van der Waals surface area contributed by atoms with Crippen molar-refractivity contribution in [3.05, 3.63) is 11.8 Å². The van der Waals surface area contributed by atoms with Crippen LogP contribution in [0.3, 0.4) is 0 Å². The van der Waals surface area contributed by atoms with E-state index < -0.39 is 12.0 Å². The molecule has 0 aliphatic rings. The molecule has 0 saturated heterocycles. The standard InChI is InChI=1S/C14H27NO3/c1-5-7-8-9-10-12(16)11-15(3,4)13(6-2)14(17)18/h10,13H,5-9,11H2,1-4H3,(H-,16,17,18)/b12-10-. The summed E-state index contributed by atoms with van der Waals surface area (Å²) in [6, 6.07) is -0.587. The van der Waals surface area contributed by atoms with E-state index in [4.69, 9.17) is 0 Å². The van der Waals surface area contributed by atoms with Crippen LogP contribution in [0.1, 0.15) is 46.0 Å². The monoisotopic (exact) mass is 257 g/mol. The van der Waals surface area contributed by atoms with Gasteiger partial charge in [-0.05, 0) is 18.9 Å². The number of rotatable bonds is 9. The summed E-state index contributed by atoms with van der Waals surface area (Å²) in [5.74, 6) is -0.780. The minimum absolute atomic E-state index is 0.217. The third-order valence-electron chi connectivity index (χ3n) is 3.26. The number of carboxylic acid groups (broad SMARTS) is 1. The molecule has 0 heterocycles. The van der Waals surface area contributed by atoms with Crippen molar-refractivity contribution in [1.29, 1.82) is 0 Å². The van der Waals surface area contributed by atoms with E-state index in [-0.39, 0.29) is 10.2 Å². The van der Waals surface area contributed by atoms with Gasteiger partial charge in [-0.25, -0.2) is 0 Å². The second-order valence-electron chi connectivity index (χ2n) is 5.37. The van der Waals surface area contributed by atoms with Crippen LogP contribution >= 0.6 is 0 Å². The van der Waals surface area contributed by atoms with Crippen LogP contribution in [0.5, 0.6) is 0 Å². The van der Waals surface area contributed by atoms with Crippen molar-refractivity contribution in [3.8, 4) is 0 Å². The Morgan fingerprint density at radius 3 is 2.39 bits per heavy atom. The largest absolute Gasteiger partial charge is 0.544 e. The van der Waals surface area contributed by atoms with Gasteiger partial charge in [-0.15, -0.1) is 0 Å². The Kier molecular flexibility index (Phi) is 7.67. The summed E-state index contributed by atoms with van der Waals surface area (Å²) in [6.07, 6.45) is 6.51. The summed E-state index contributed by atoms with van der Waals surface area (Å²) in [5.41, 5.74) is 0. The molecule has 0 fully saturated rings. The highest BCUT2D eigenvalue weighted by Gasteiger charge is 2.28. The molecule has 0 radical (unpaired) electrons. The average molecular weight is 257 g/mol. The molecular formula is C14H27NO3. The summed E-state index contributed by atoms with van der Waals surface area (Å²) < 4.78 is 0.217. The Hall–Kier alpha value is -1.03. The first kappa shape index (κ1) is 17.0. The zero-order valence-electron chi connectivity index (χ0n) is 12.1. The normalized spacial score (nSPS) is 14.6. The van der Waals surface area contributed by atoms with Crippen LogP contribution in [0.2, 0.25) is 0 Å². The molecule has 1 atom stereocenters. The average Bonchev–Trinajstić information content (AvgIpc) is 2.23. The van der Waals surface area contributed by atoms with Crippen molar-refractivity contribution >= 4 is 5.97 Å². The number of carbonyl (C=O) groups is 1. The first-order valence-corrected chi connectivity index (χ1v) is 6.76. The molecule has 0 aromatic rings. The van der Waals surface area contributed by atoms with Gasteiger partial charge in [-0.3, -0.25) is 0 Å². The second kappa shape index (κ2) is 8.14. The number of aliphatic hydroxyl groups is 1. The fourth-order valence-electron chi connectivity index (χ4n) is 2.20. The lowest BCUT2D eigenvalue weighted by Crippen LogP contribution is -2.57. The van der Waals surface area contributed by atoms with Gasteiger partial charge < -0.3 is 19.5 Å². The SMILES string of the molecule is CCCCC/C=C(\O)C[N+](C)(C)C(CC)C(=O)[O-]. The quantitative estimate of drug-likeness (QED) is 0.388. The molecule has 0 spiro atoms. The van der Waals surface area contributed by atoms with Crippen LogP contribution in [-0.4, -0.2) is 42.2 Å². The van der Waals surface area contributed by atoms with Crippen LogP contribution in [0.25, 0.3) is 0 Å². The Balaban J connectivity index is 4.41. The summed E-state index contributed by atoms with van der Waals surface area (Å²) >= 11 is 0. The molecule has 0 aromatic heterocycles. The van der Waals surface area contributed by atoms with E-state index in [0.29, 0.717) is 13.0 Å². The van der Waals surface area contributed by atoms with E-state index in [1.165, 1.54) is 0 Å². The highest BCUT2D eigenvalue weighted by molar-refractivity contribution is 5.69. The molecule has 0 aromatic carbocycles. The molecule has 4 nitrogen and oxygen atoms in total. The van der Waals surface area contributed by atoms with Crippen LogP contribution in [0, 0.1) is 0 Å². The predicted molar refractivity (Wildman–Crippen MR) is 70.9 cm³/mol. The number of hydrogen-bond donors (Lipinski definition) is 1. The summed E-state index contributed by atoms with van der Waals surface area (Å²) in [7, 11) is 3.61. The Morgan fingerprint density at radius 2 is 1.94 bits per heavy atom. The fourth-order valence-corrected chi connectivity index (χ4v) is 2.20. The van der Waals surface area contributed by atoms with Gasteiger partial charge in [0.25, 0.3) is 0 Å². The maximum atomic E-state index is 11.0. The number of carbonyl (C=O) groups excluding carboxylic acids is 1. The van der Waals surface area contributed by atoms with Gasteiger partial charge in [0, 0.05) is 6.42 Å². The Bertz CT molecular complexity index is 285. The highest BCUT2D eigenvalue weighted by atomic mass is 16.4. The lowest BCUT2D eigenvalue weighted by Gasteiger charge is -2.37. The van der Waals surface area contributed by atoms with Gasteiger partial charge in [0.2, 0.25) is 0 Å². The zero-order valence-corrected chi connectivity index (χ0v) is 12.1. The minimum atomic E-state index is -1.05. The van der Waals surface area contributed by atoms with Gasteiger partial charge in [0.1, 0.15) is 18.3 Å². The number of likely N-dealkylation sites (N-methyl/N-ethyl adjacent to an activating group) is 1. The third kappa shape index (κ3) is 6.05. The third-order valence-corrected chi connectivity index (χ3v) is 3.26. The van der Waals surface area contributed by atoms with Crippen molar-refractivity contribution in [1.82, 2.24) is 0 Å². The van der Waals surface area contributed by atoms with Crippen molar-refractivity contribution in [2.45, 2.75) is 52.0 Å². The molecule has 0 saturated carbocycles. The molecule has 0 aliphatic heterocycles. The Labute approximate surface area is 111 Å². The van der Waals surface area contributed by atoms with E-state index >= 15 is 0 Å². The zero-order chi connectivity index (χ0) is 14.2. The smallest absolute Gasteiger partial charge is 0.143 e. The lowest BCUT2D eigenvalue weighted by molar-refractivity contribution is -0.905. The van der Waals surface area contributed by atoms with Gasteiger partial charge in [0.15, 0.2) is 0 Å². The Morgan fingerprint density at radius 1 is 1.33 bits per heavy atom. The van der Waals surface area contributed by atoms with Crippen LogP contribution in [-0.2, 0) is 4.79 Å². The number of quaternary nitrogens is 1. The number of allylic oxidation sites excluding steroid dienone is 1. The van der Waals surface area contributed by atoms with Crippen molar-refractivity contribution in [2.75, 3.05) is 20.6 Å². The molecule has 1 unspecified atom stereocenters. The number of nitrogens with zero attached hydrogens (tertiary/aromatic N) is 1. The first-order chi connectivity index (χ1) is 8.35.